The van der Waals surface area contributed by atoms with Crippen LogP contribution >= 0.6 is 11.3 Å². The average molecular weight is 648 g/mol. The number of benzene rings is 2. The molecule has 4 aromatic rings. The number of nitrogen functional groups attached to an aromatic ring is 1. The van der Waals surface area contributed by atoms with Gasteiger partial charge in [-0.25, -0.2) is 18.0 Å². The number of anilines is 2. The second kappa shape index (κ2) is 11.4. The van der Waals surface area contributed by atoms with E-state index >= 15 is 4.39 Å². The molecule has 0 aliphatic carbocycles. The second-order valence-corrected chi connectivity index (χ2v) is 13.3. The Bertz CT molecular complexity index is 1940. The van der Waals surface area contributed by atoms with Gasteiger partial charge in [0, 0.05) is 55.5 Å². The van der Waals surface area contributed by atoms with Crippen LogP contribution in [0.1, 0.15) is 25.7 Å². The van der Waals surface area contributed by atoms with E-state index in [9.17, 15) is 13.6 Å². The van der Waals surface area contributed by atoms with Gasteiger partial charge in [-0.1, -0.05) is 18.7 Å². The molecule has 1 amide bonds. The molecule has 2 aromatic carbocycles. The predicted octanol–water partition coefficient (Wildman–Crippen LogP) is 6.10. The summed E-state index contributed by atoms with van der Waals surface area (Å²) < 4.78 is 52.4. The van der Waals surface area contributed by atoms with E-state index in [1.165, 1.54) is 18.2 Å². The lowest BCUT2D eigenvalue weighted by atomic mass is 9.95. The van der Waals surface area contributed by atoms with Crippen LogP contribution in [0.15, 0.2) is 36.9 Å². The number of nitrogens with zero attached hydrogens (tertiary/aromatic N) is 6. The van der Waals surface area contributed by atoms with Gasteiger partial charge in [0.2, 0.25) is 11.6 Å². The zero-order valence-electron chi connectivity index (χ0n) is 25.2. The summed E-state index contributed by atoms with van der Waals surface area (Å²) in [5, 5.41) is 0.824. The third-order valence-corrected chi connectivity index (χ3v) is 10.7. The lowest BCUT2D eigenvalue weighted by molar-refractivity contribution is -0.125. The molecular weight excluding hydrogens is 615 g/mol. The summed E-state index contributed by atoms with van der Waals surface area (Å²) in [6.45, 7) is 13.5. The number of ether oxygens (including phenoxy) is 1. The predicted molar refractivity (Wildman–Crippen MR) is 173 cm³/mol. The number of halogens is 3. The maximum Gasteiger partial charge on any atom is 0.319 e. The van der Waals surface area contributed by atoms with Gasteiger partial charge in [0.15, 0.2) is 5.82 Å². The van der Waals surface area contributed by atoms with E-state index in [-0.39, 0.29) is 56.4 Å². The molecule has 2 N–H and O–H groups in total. The summed E-state index contributed by atoms with van der Waals surface area (Å²) in [6, 6.07) is 5.80. The third kappa shape index (κ3) is 4.82. The van der Waals surface area contributed by atoms with Crippen LogP contribution < -0.4 is 15.4 Å². The third-order valence-electron chi connectivity index (χ3n) is 9.72. The summed E-state index contributed by atoms with van der Waals surface area (Å²) >= 11 is 0.950. The van der Waals surface area contributed by atoms with Crippen LogP contribution in [0, 0.1) is 18.2 Å². The Balaban J connectivity index is 1.34. The Morgan fingerprint density at radius 2 is 2.07 bits per heavy atom. The molecule has 0 radical (unpaired) electrons. The maximum absolute atomic E-state index is 16.8. The SMILES string of the molecule is [C-]#[N+]c1c(N)sc2c(F)ccc(-c3ccc4c(N(C)[C@@H]5CCN(C(=O)C=C)C5)nc(OC[C@@]56CCCN5C[C@H](F)C6)nc4c3F)c12. The summed E-state index contributed by atoms with van der Waals surface area (Å²) in [6.07, 6.45) is 3.10. The zero-order valence-corrected chi connectivity index (χ0v) is 26.0. The molecule has 3 saturated heterocycles. The number of likely N-dealkylation sites (N-methyl/N-ethyl adjacent to an activating group) is 1. The first kappa shape index (κ1) is 30.3. The molecule has 0 spiro atoms. The minimum atomic E-state index is -0.939. The van der Waals surface area contributed by atoms with Crippen LogP contribution in [0.25, 0.3) is 37.0 Å². The van der Waals surface area contributed by atoms with Crippen LogP contribution in [-0.4, -0.2) is 83.3 Å². The van der Waals surface area contributed by atoms with E-state index in [1.54, 1.807) is 17.0 Å². The highest BCUT2D eigenvalue weighted by molar-refractivity contribution is 7.23. The molecule has 0 bridgehead atoms. The van der Waals surface area contributed by atoms with Crippen molar-refractivity contribution in [2.75, 3.05) is 50.5 Å². The number of hydrogen-bond acceptors (Lipinski definition) is 8. The molecule has 5 heterocycles. The number of likely N-dealkylation sites (tertiary alicyclic amines) is 1. The standard InChI is InChI=1S/C33H32F3N7O2S/c1-4-24(44)42-13-10-19(16-42)41(3)31-22-7-6-21(20-8-9-23(35)29-25(20)28(38-2)30(37)46-29)26(36)27(22)39-32(40-31)45-17-33-11-5-12-43(33)15-18(34)14-33/h4,6-9,18-19H,1,5,10-17,37H2,3H3/t18-,19-,33+/m1/s1. The lowest BCUT2D eigenvalue weighted by Gasteiger charge is -2.31. The smallest absolute Gasteiger partial charge is 0.319 e. The fraction of sp³-hybridized carbons (Fsp3) is 0.394. The fourth-order valence-electron chi connectivity index (χ4n) is 7.38. The molecule has 3 atom stereocenters. The van der Waals surface area contributed by atoms with Crippen molar-refractivity contribution in [3.63, 3.8) is 0 Å². The highest BCUT2D eigenvalue weighted by Crippen LogP contribution is 2.47. The van der Waals surface area contributed by atoms with E-state index in [4.69, 9.17) is 22.0 Å². The van der Waals surface area contributed by atoms with Gasteiger partial charge in [0.1, 0.15) is 29.9 Å². The van der Waals surface area contributed by atoms with Crippen molar-refractivity contribution in [3.8, 4) is 17.1 Å². The quantitative estimate of drug-likeness (QED) is 0.192. The molecule has 0 unspecified atom stereocenters. The summed E-state index contributed by atoms with van der Waals surface area (Å²) in [5.41, 5.74) is 6.10. The van der Waals surface area contributed by atoms with Crippen molar-refractivity contribution in [3.05, 3.63) is 60.0 Å². The molecule has 7 rings (SSSR count). The molecule has 3 fully saturated rings. The second-order valence-electron chi connectivity index (χ2n) is 12.3. The van der Waals surface area contributed by atoms with Crippen molar-refractivity contribution in [1.82, 2.24) is 19.8 Å². The van der Waals surface area contributed by atoms with Crippen LogP contribution in [0.4, 0.5) is 29.7 Å². The number of amides is 1. The number of fused-ring (bicyclic) bond motifs is 3. The molecule has 9 nitrogen and oxygen atoms in total. The molecule has 238 valence electrons. The monoisotopic (exact) mass is 647 g/mol. The van der Waals surface area contributed by atoms with Gasteiger partial charge in [-0.3, -0.25) is 9.69 Å². The first-order chi connectivity index (χ1) is 22.1. The van der Waals surface area contributed by atoms with E-state index in [0.29, 0.717) is 49.2 Å². The molecule has 46 heavy (non-hydrogen) atoms. The summed E-state index contributed by atoms with van der Waals surface area (Å²) in [5.74, 6) is -0.973. The first-order valence-electron chi connectivity index (χ1n) is 15.2. The minimum Gasteiger partial charge on any atom is -0.461 e. The fourth-order valence-corrected chi connectivity index (χ4v) is 8.32. The average Bonchev–Trinajstić information content (AvgIpc) is 3.82. The Kier molecular flexibility index (Phi) is 7.52. The van der Waals surface area contributed by atoms with Gasteiger partial charge in [-0.15, -0.1) is 11.3 Å². The number of carbonyl (C=O) groups is 1. The largest absolute Gasteiger partial charge is 0.461 e. The van der Waals surface area contributed by atoms with Gasteiger partial charge >= 0.3 is 6.01 Å². The topological polar surface area (TPSA) is 92.2 Å². The van der Waals surface area contributed by atoms with E-state index in [1.807, 2.05) is 11.9 Å². The van der Waals surface area contributed by atoms with Crippen molar-refractivity contribution >= 4 is 54.7 Å². The van der Waals surface area contributed by atoms with Crippen molar-refractivity contribution < 1.29 is 22.7 Å². The van der Waals surface area contributed by atoms with E-state index < -0.39 is 23.3 Å². The van der Waals surface area contributed by atoms with E-state index in [2.05, 4.69) is 21.3 Å². The van der Waals surface area contributed by atoms with Crippen LogP contribution in [0.2, 0.25) is 0 Å². The number of hydrogen-bond donors (Lipinski definition) is 1. The van der Waals surface area contributed by atoms with Gasteiger partial charge in [-0.05, 0) is 49.6 Å². The Hall–Kier alpha value is -4.41. The summed E-state index contributed by atoms with van der Waals surface area (Å²) in [7, 11) is 1.84. The Morgan fingerprint density at radius 1 is 1.26 bits per heavy atom. The lowest BCUT2D eigenvalue weighted by Crippen LogP contribution is -2.43. The normalized spacial score (nSPS) is 22.8. The molecule has 3 aliphatic rings. The van der Waals surface area contributed by atoms with Crippen molar-refractivity contribution in [2.45, 2.75) is 43.4 Å². The number of carbonyl (C=O) groups excluding carboxylic acids is 1. The first-order valence-corrected chi connectivity index (χ1v) is 16.0. The molecule has 0 saturated carbocycles. The molecule has 2 aromatic heterocycles. The van der Waals surface area contributed by atoms with Crippen LogP contribution in [0.3, 0.4) is 0 Å². The molecule has 3 aliphatic heterocycles. The Morgan fingerprint density at radius 3 is 2.85 bits per heavy atom. The number of nitrogens with two attached hydrogens (primary N) is 1. The van der Waals surface area contributed by atoms with Crippen molar-refractivity contribution in [2.24, 2.45) is 0 Å². The van der Waals surface area contributed by atoms with Crippen LogP contribution in [-0.2, 0) is 4.79 Å². The maximum atomic E-state index is 16.8. The number of thiophene rings is 1. The molecular formula is C33H32F3N7O2S. The number of aromatic nitrogens is 2. The van der Waals surface area contributed by atoms with E-state index in [0.717, 1.165) is 30.7 Å². The minimum absolute atomic E-state index is 0.0121. The van der Waals surface area contributed by atoms with Gasteiger partial charge < -0.3 is 20.3 Å². The van der Waals surface area contributed by atoms with Gasteiger partial charge in [0.05, 0.1) is 21.8 Å². The van der Waals surface area contributed by atoms with Gasteiger partial charge in [-0.2, -0.15) is 9.97 Å². The molecule has 13 heteroatoms. The zero-order chi connectivity index (χ0) is 32.3. The van der Waals surface area contributed by atoms with Crippen molar-refractivity contribution in [1.29, 1.82) is 0 Å². The highest BCUT2D eigenvalue weighted by atomic mass is 32.1. The summed E-state index contributed by atoms with van der Waals surface area (Å²) in [4.78, 5) is 30.8. The number of alkyl halides is 1. The highest BCUT2D eigenvalue weighted by Gasteiger charge is 2.49. The number of rotatable bonds is 7. The van der Waals surface area contributed by atoms with Gasteiger partial charge in [0.25, 0.3) is 0 Å². The Labute approximate surface area is 267 Å². The van der Waals surface area contributed by atoms with Crippen LogP contribution in [0.5, 0.6) is 6.01 Å².